The number of H-pyrrole nitrogens is 1. The summed E-state index contributed by atoms with van der Waals surface area (Å²) in [7, 11) is 0. The Labute approximate surface area is 154 Å². The second kappa shape index (κ2) is 6.83. The number of nitrogens with zero attached hydrogens (tertiary/aromatic N) is 2. The number of hydrogen-bond acceptors (Lipinski definition) is 4. The molecule has 4 aromatic rings. The van der Waals surface area contributed by atoms with E-state index in [1.165, 1.54) is 0 Å². The van der Waals surface area contributed by atoms with Gasteiger partial charge in [-0.25, -0.2) is 4.98 Å². The summed E-state index contributed by atoms with van der Waals surface area (Å²) in [5.74, 6) is 0.901. The Morgan fingerprint density at radius 1 is 1.19 bits per heavy atom. The number of pyridine rings is 1. The minimum absolute atomic E-state index is 0.177. The number of aromatic amines is 1. The van der Waals surface area contributed by atoms with Gasteiger partial charge in [-0.3, -0.25) is 0 Å². The molecule has 0 bridgehead atoms. The number of aryl methyl sites for hydroxylation is 2. The van der Waals surface area contributed by atoms with Crippen molar-refractivity contribution in [1.29, 1.82) is 0 Å². The fraction of sp³-hybridized carbons (Fsp3) is 0.200. The number of aromatic nitrogens is 3. The summed E-state index contributed by atoms with van der Waals surface area (Å²) in [6, 6.07) is 8.81. The fourth-order valence-electron chi connectivity index (χ4n) is 3.30. The smallest absolute Gasteiger partial charge is 0.387 e. The van der Waals surface area contributed by atoms with Gasteiger partial charge >= 0.3 is 6.61 Å². The number of para-hydroxylation sites is 1. The van der Waals surface area contributed by atoms with E-state index in [1.54, 1.807) is 30.5 Å². The Morgan fingerprint density at radius 2 is 2.00 bits per heavy atom. The van der Waals surface area contributed by atoms with E-state index >= 15 is 0 Å². The van der Waals surface area contributed by atoms with Crippen LogP contribution in [-0.4, -0.2) is 21.7 Å². The lowest BCUT2D eigenvalue weighted by molar-refractivity contribution is -0.0503. The maximum Gasteiger partial charge on any atom is 0.387 e. The number of alkyl halides is 2. The largest absolute Gasteiger partial charge is 0.435 e. The molecule has 0 spiro atoms. The average Bonchev–Trinajstić information content (AvgIpc) is 3.19. The molecule has 0 aliphatic carbocycles. The summed E-state index contributed by atoms with van der Waals surface area (Å²) in [5.41, 5.74) is 4.96. The number of halogens is 2. The Morgan fingerprint density at radius 3 is 2.74 bits per heavy atom. The van der Waals surface area contributed by atoms with Gasteiger partial charge in [0.1, 0.15) is 17.2 Å². The maximum absolute atomic E-state index is 12.7. The molecule has 0 aliphatic heterocycles. The van der Waals surface area contributed by atoms with Crippen molar-refractivity contribution in [3.63, 3.8) is 0 Å². The predicted molar refractivity (Wildman–Crippen MR) is 96.9 cm³/mol. The highest BCUT2D eigenvalue weighted by atomic mass is 19.3. The van der Waals surface area contributed by atoms with Crippen molar-refractivity contribution in [2.24, 2.45) is 0 Å². The molecule has 1 N–H and O–H groups in total. The molecule has 3 aromatic heterocycles. The Kier molecular flexibility index (Phi) is 4.35. The number of nitrogens with one attached hydrogen (secondary N) is 1. The summed E-state index contributed by atoms with van der Waals surface area (Å²) in [5, 5.41) is 4.91. The van der Waals surface area contributed by atoms with Gasteiger partial charge in [0.05, 0.1) is 5.69 Å². The molecule has 0 atom stereocenters. The molecule has 3 heterocycles. The standard InChI is InChI=1S/C20H17F2N3O2/c1-11-18(12(2)27-25-11)15-8-16-14(9-23-19(16)24-10-15)7-13-5-3-4-6-17(13)26-20(21)22/h3-6,8-10,20H,7H2,1-2H3,(H,23,24). The second-order valence-electron chi connectivity index (χ2n) is 6.30. The van der Waals surface area contributed by atoms with Crippen LogP contribution in [0.4, 0.5) is 8.78 Å². The molecule has 0 saturated heterocycles. The molecule has 0 fully saturated rings. The number of benzene rings is 1. The van der Waals surface area contributed by atoms with E-state index in [-0.39, 0.29) is 5.75 Å². The van der Waals surface area contributed by atoms with Crippen LogP contribution in [0, 0.1) is 13.8 Å². The van der Waals surface area contributed by atoms with Crippen LogP contribution in [0.3, 0.4) is 0 Å². The lowest BCUT2D eigenvalue weighted by Gasteiger charge is -2.10. The molecule has 0 saturated carbocycles. The molecule has 5 nitrogen and oxygen atoms in total. The van der Waals surface area contributed by atoms with Crippen LogP contribution < -0.4 is 4.74 Å². The topological polar surface area (TPSA) is 63.9 Å². The molecule has 0 unspecified atom stereocenters. The van der Waals surface area contributed by atoms with E-state index in [1.807, 2.05) is 26.1 Å². The van der Waals surface area contributed by atoms with Crippen LogP contribution in [0.15, 0.2) is 47.2 Å². The van der Waals surface area contributed by atoms with Crippen LogP contribution in [0.25, 0.3) is 22.2 Å². The van der Waals surface area contributed by atoms with Crippen molar-refractivity contribution >= 4 is 11.0 Å². The molecule has 1 aromatic carbocycles. The van der Waals surface area contributed by atoms with Gasteiger partial charge in [0.2, 0.25) is 0 Å². The third-order valence-corrected chi connectivity index (χ3v) is 4.51. The van der Waals surface area contributed by atoms with Crippen LogP contribution in [0.1, 0.15) is 22.6 Å². The number of ether oxygens (including phenoxy) is 1. The van der Waals surface area contributed by atoms with Crippen LogP contribution in [-0.2, 0) is 6.42 Å². The van der Waals surface area contributed by atoms with Crippen molar-refractivity contribution in [2.75, 3.05) is 0 Å². The fourth-order valence-corrected chi connectivity index (χ4v) is 3.30. The first-order valence-corrected chi connectivity index (χ1v) is 8.45. The third kappa shape index (κ3) is 3.28. The summed E-state index contributed by atoms with van der Waals surface area (Å²) in [6.07, 6.45) is 4.05. The van der Waals surface area contributed by atoms with Gasteiger partial charge in [-0.15, -0.1) is 0 Å². The molecule has 138 valence electrons. The zero-order chi connectivity index (χ0) is 19.0. The number of hydrogen-bond donors (Lipinski definition) is 1. The summed E-state index contributed by atoms with van der Waals surface area (Å²) in [6.45, 7) is 0.878. The first-order chi connectivity index (χ1) is 13.0. The summed E-state index contributed by atoms with van der Waals surface area (Å²) in [4.78, 5) is 7.61. The maximum atomic E-state index is 12.7. The first kappa shape index (κ1) is 17.2. The summed E-state index contributed by atoms with van der Waals surface area (Å²) < 4.78 is 35.2. The van der Waals surface area contributed by atoms with Gasteiger partial charge in [0, 0.05) is 35.3 Å². The average molecular weight is 369 g/mol. The van der Waals surface area contributed by atoms with Crippen LogP contribution in [0.2, 0.25) is 0 Å². The van der Waals surface area contributed by atoms with Gasteiger partial charge < -0.3 is 14.2 Å². The monoisotopic (exact) mass is 369 g/mol. The summed E-state index contributed by atoms with van der Waals surface area (Å²) >= 11 is 0. The molecule has 0 radical (unpaired) electrons. The Bertz CT molecular complexity index is 1080. The van der Waals surface area contributed by atoms with Crippen molar-refractivity contribution < 1.29 is 18.0 Å². The number of rotatable bonds is 5. The second-order valence-corrected chi connectivity index (χ2v) is 6.30. The molecule has 0 amide bonds. The highest BCUT2D eigenvalue weighted by Crippen LogP contribution is 2.31. The molecule has 0 aliphatic rings. The van der Waals surface area contributed by atoms with Gasteiger partial charge in [0.15, 0.2) is 0 Å². The molecule has 7 heteroatoms. The quantitative estimate of drug-likeness (QED) is 0.536. The minimum atomic E-state index is -2.86. The van der Waals surface area contributed by atoms with E-state index in [4.69, 9.17) is 4.52 Å². The third-order valence-electron chi connectivity index (χ3n) is 4.51. The molecular weight excluding hydrogens is 352 g/mol. The molecule has 27 heavy (non-hydrogen) atoms. The van der Waals surface area contributed by atoms with Gasteiger partial charge in [0.25, 0.3) is 0 Å². The van der Waals surface area contributed by atoms with Crippen LogP contribution >= 0.6 is 0 Å². The number of fused-ring (bicyclic) bond motifs is 1. The highest BCUT2D eigenvalue weighted by molar-refractivity contribution is 5.85. The van der Waals surface area contributed by atoms with E-state index in [0.29, 0.717) is 12.0 Å². The van der Waals surface area contributed by atoms with Crippen molar-refractivity contribution in [3.05, 3.63) is 65.3 Å². The zero-order valence-corrected chi connectivity index (χ0v) is 14.8. The van der Waals surface area contributed by atoms with Crippen molar-refractivity contribution in [1.82, 2.24) is 15.1 Å². The lowest BCUT2D eigenvalue weighted by Crippen LogP contribution is -2.04. The first-order valence-electron chi connectivity index (χ1n) is 8.45. The lowest BCUT2D eigenvalue weighted by atomic mass is 10.0. The molecular formula is C20H17F2N3O2. The van der Waals surface area contributed by atoms with Gasteiger partial charge in [-0.1, -0.05) is 23.4 Å². The predicted octanol–water partition coefficient (Wildman–Crippen LogP) is 5.03. The Hall–Kier alpha value is -3.22. The van der Waals surface area contributed by atoms with E-state index in [2.05, 4.69) is 19.9 Å². The SMILES string of the molecule is Cc1noc(C)c1-c1cnc2[nH]cc(Cc3ccccc3OC(F)F)c2c1. The Balaban J connectivity index is 1.75. The zero-order valence-electron chi connectivity index (χ0n) is 14.8. The van der Waals surface area contributed by atoms with E-state index in [9.17, 15) is 8.78 Å². The van der Waals surface area contributed by atoms with E-state index in [0.717, 1.165) is 39.2 Å². The molecule has 4 rings (SSSR count). The van der Waals surface area contributed by atoms with Crippen LogP contribution in [0.5, 0.6) is 5.75 Å². The van der Waals surface area contributed by atoms with Gasteiger partial charge in [-0.2, -0.15) is 8.78 Å². The van der Waals surface area contributed by atoms with E-state index < -0.39 is 6.61 Å². The highest BCUT2D eigenvalue weighted by Gasteiger charge is 2.16. The normalized spacial score (nSPS) is 11.4. The van der Waals surface area contributed by atoms with Gasteiger partial charge in [-0.05, 0) is 37.1 Å². The van der Waals surface area contributed by atoms with Crippen molar-refractivity contribution in [2.45, 2.75) is 26.9 Å². The van der Waals surface area contributed by atoms with Crippen molar-refractivity contribution in [3.8, 4) is 16.9 Å². The minimum Gasteiger partial charge on any atom is -0.435 e.